The lowest BCUT2D eigenvalue weighted by Gasteiger charge is -2.44. The average molecular weight is 417 g/mol. The third-order valence-electron chi connectivity index (χ3n) is 5.95. The summed E-state index contributed by atoms with van der Waals surface area (Å²) in [6.45, 7) is 4.62. The number of hydrogen-bond acceptors (Lipinski definition) is 3. The maximum absolute atomic E-state index is 12.8. The van der Waals surface area contributed by atoms with E-state index in [2.05, 4.69) is 0 Å². The van der Waals surface area contributed by atoms with Gasteiger partial charge >= 0.3 is 6.18 Å². The lowest BCUT2D eigenvalue weighted by molar-refractivity contribution is -0.137. The van der Waals surface area contributed by atoms with Crippen LogP contribution in [0.5, 0.6) is 5.75 Å². The number of carbonyl (C=O) groups is 2. The molecule has 0 aromatic heterocycles. The molecule has 4 rings (SSSR count). The first kappa shape index (κ1) is 20.4. The number of Topliss-reactive ketones (excluding diaryl/α,β-unsaturated/α-hetero) is 1. The van der Waals surface area contributed by atoms with Crippen LogP contribution in [0.4, 0.5) is 13.2 Å². The Morgan fingerprint density at radius 3 is 2.30 bits per heavy atom. The highest BCUT2D eigenvalue weighted by Gasteiger charge is 2.44. The van der Waals surface area contributed by atoms with Crippen molar-refractivity contribution < 1.29 is 27.5 Å². The van der Waals surface area contributed by atoms with E-state index < -0.39 is 17.3 Å². The number of amides is 1. The minimum atomic E-state index is -4.43. The number of aryl methyl sites for hydroxylation is 2. The van der Waals surface area contributed by atoms with E-state index >= 15 is 0 Å². The summed E-state index contributed by atoms with van der Waals surface area (Å²) in [7, 11) is 0. The number of ketones is 1. The Balaban J connectivity index is 1.47. The summed E-state index contributed by atoms with van der Waals surface area (Å²) >= 11 is 0. The molecule has 1 saturated heterocycles. The number of rotatable bonds is 1. The number of hydrogen-bond donors (Lipinski definition) is 0. The zero-order valence-electron chi connectivity index (χ0n) is 16.8. The number of fused-ring (bicyclic) bond motifs is 1. The number of alkyl halides is 3. The van der Waals surface area contributed by atoms with Gasteiger partial charge in [-0.25, -0.2) is 0 Å². The van der Waals surface area contributed by atoms with Crippen LogP contribution in [0, 0.1) is 13.8 Å². The minimum Gasteiger partial charge on any atom is -0.486 e. The van der Waals surface area contributed by atoms with Crippen LogP contribution in [0.1, 0.15) is 56.7 Å². The fourth-order valence-corrected chi connectivity index (χ4v) is 4.40. The smallest absolute Gasteiger partial charge is 0.416 e. The van der Waals surface area contributed by atoms with Crippen molar-refractivity contribution in [1.82, 2.24) is 4.90 Å². The van der Waals surface area contributed by atoms with E-state index in [0.29, 0.717) is 37.2 Å². The molecule has 0 N–H and O–H groups in total. The third kappa shape index (κ3) is 3.68. The van der Waals surface area contributed by atoms with Crippen LogP contribution in [-0.4, -0.2) is 35.3 Å². The van der Waals surface area contributed by atoms with Crippen LogP contribution < -0.4 is 4.74 Å². The maximum Gasteiger partial charge on any atom is 0.416 e. The van der Waals surface area contributed by atoms with Gasteiger partial charge in [-0.3, -0.25) is 9.59 Å². The Labute approximate surface area is 172 Å². The molecule has 1 spiro atoms. The summed E-state index contributed by atoms with van der Waals surface area (Å²) in [6.07, 6.45) is -3.17. The molecule has 0 atom stereocenters. The van der Waals surface area contributed by atoms with E-state index in [9.17, 15) is 22.8 Å². The molecule has 2 aliphatic heterocycles. The van der Waals surface area contributed by atoms with Crippen LogP contribution in [0.25, 0.3) is 0 Å². The molecular weight excluding hydrogens is 395 g/mol. The van der Waals surface area contributed by atoms with E-state index in [1.807, 2.05) is 26.0 Å². The molecule has 0 unspecified atom stereocenters. The Morgan fingerprint density at radius 1 is 1.07 bits per heavy atom. The van der Waals surface area contributed by atoms with Crippen LogP contribution in [0.3, 0.4) is 0 Å². The first-order valence-corrected chi connectivity index (χ1v) is 9.88. The third-order valence-corrected chi connectivity index (χ3v) is 5.95. The molecule has 0 saturated carbocycles. The number of halogens is 3. The molecule has 7 heteroatoms. The van der Waals surface area contributed by atoms with Crippen LogP contribution in [-0.2, 0) is 6.18 Å². The van der Waals surface area contributed by atoms with Crippen molar-refractivity contribution in [2.75, 3.05) is 13.1 Å². The van der Waals surface area contributed by atoms with Crippen LogP contribution >= 0.6 is 0 Å². The van der Waals surface area contributed by atoms with E-state index in [1.165, 1.54) is 12.1 Å². The standard InChI is InChI=1S/C23H22F3NO3/c1-14-11-15(2)20-18(28)13-22(30-19(20)12-14)7-9-27(10-8-22)21(29)16-3-5-17(6-4-16)23(24,25)26/h3-6,11-12H,7-10,13H2,1-2H3. The molecule has 1 fully saturated rings. The van der Waals surface area contributed by atoms with Gasteiger partial charge in [-0.1, -0.05) is 6.07 Å². The lowest BCUT2D eigenvalue weighted by Crippen LogP contribution is -2.52. The molecule has 2 aromatic rings. The van der Waals surface area contributed by atoms with Crippen molar-refractivity contribution in [2.45, 2.75) is 44.9 Å². The van der Waals surface area contributed by atoms with Gasteiger partial charge in [-0.2, -0.15) is 13.2 Å². The summed E-state index contributed by atoms with van der Waals surface area (Å²) in [4.78, 5) is 27.1. The largest absolute Gasteiger partial charge is 0.486 e. The number of benzene rings is 2. The molecule has 4 nitrogen and oxygen atoms in total. The topological polar surface area (TPSA) is 46.6 Å². The number of piperidine rings is 1. The second-order valence-electron chi connectivity index (χ2n) is 8.21. The zero-order valence-corrected chi connectivity index (χ0v) is 16.8. The maximum atomic E-state index is 12.8. The van der Waals surface area contributed by atoms with Gasteiger partial charge < -0.3 is 9.64 Å². The molecule has 0 bridgehead atoms. The van der Waals surface area contributed by atoms with Crippen molar-refractivity contribution >= 4 is 11.7 Å². The highest BCUT2D eigenvalue weighted by molar-refractivity contribution is 6.02. The molecule has 1 amide bonds. The van der Waals surface area contributed by atoms with Crippen molar-refractivity contribution in [3.63, 3.8) is 0 Å². The summed E-state index contributed by atoms with van der Waals surface area (Å²) in [5, 5.41) is 0. The summed E-state index contributed by atoms with van der Waals surface area (Å²) in [5.74, 6) is 0.343. The Morgan fingerprint density at radius 2 is 1.70 bits per heavy atom. The normalized spacial score (nSPS) is 18.2. The highest BCUT2D eigenvalue weighted by Crippen LogP contribution is 2.41. The molecule has 2 aliphatic rings. The first-order valence-electron chi connectivity index (χ1n) is 9.88. The van der Waals surface area contributed by atoms with Gasteiger partial charge in [-0.15, -0.1) is 0 Å². The SMILES string of the molecule is Cc1cc(C)c2c(c1)OC1(CCN(C(=O)c3ccc(C(F)(F)F)cc3)CC1)CC2=O. The number of ether oxygens (including phenoxy) is 1. The molecule has 0 aliphatic carbocycles. The minimum absolute atomic E-state index is 0.0521. The van der Waals surface area contributed by atoms with Crippen molar-refractivity contribution in [1.29, 1.82) is 0 Å². The summed E-state index contributed by atoms with van der Waals surface area (Å²) < 4.78 is 44.5. The monoisotopic (exact) mass is 417 g/mol. The number of nitrogens with zero attached hydrogens (tertiary/aromatic N) is 1. The predicted octanol–water partition coefficient (Wildman–Crippen LogP) is 4.96. The fraction of sp³-hybridized carbons (Fsp3) is 0.391. The van der Waals surface area contributed by atoms with Crippen molar-refractivity contribution in [2.24, 2.45) is 0 Å². The van der Waals surface area contributed by atoms with Gasteiger partial charge in [0.25, 0.3) is 5.91 Å². The van der Waals surface area contributed by atoms with Crippen LogP contribution in [0.15, 0.2) is 36.4 Å². The molecule has 0 radical (unpaired) electrons. The first-order chi connectivity index (χ1) is 14.1. The van der Waals surface area contributed by atoms with E-state index in [0.717, 1.165) is 23.3 Å². The quantitative estimate of drug-likeness (QED) is 0.659. The molecule has 30 heavy (non-hydrogen) atoms. The molecule has 2 aromatic carbocycles. The Kier molecular flexibility index (Phi) is 4.87. The number of likely N-dealkylation sites (tertiary alicyclic amines) is 1. The van der Waals surface area contributed by atoms with Gasteiger partial charge in [0.15, 0.2) is 5.78 Å². The fourth-order valence-electron chi connectivity index (χ4n) is 4.40. The van der Waals surface area contributed by atoms with E-state index in [4.69, 9.17) is 4.74 Å². The van der Waals surface area contributed by atoms with E-state index in [-0.39, 0.29) is 23.7 Å². The Hall–Kier alpha value is -2.83. The van der Waals surface area contributed by atoms with Gasteiger partial charge in [0.2, 0.25) is 0 Å². The Bertz CT molecular complexity index is 1000. The van der Waals surface area contributed by atoms with Crippen LogP contribution in [0.2, 0.25) is 0 Å². The lowest BCUT2D eigenvalue weighted by atomic mass is 9.81. The van der Waals surface area contributed by atoms with E-state index in [1.54, 1.807) is 4.90 Å². The van der Waals surface area contributed by atoms with Crippen molar-refractivity contribution in [3.05, 3.63) is 64.2 Å². The average Bonchev–Trinajstić information content (AvgIpc) is 2.66. The summed E-state index contributed by atoms with van der Waals surface area (Å²) in [5.41, 5.74) is 1.35. The second-order valence-corrected chi connectivity index (χ2v) is 8.21. The summed E-state index contributed by atoms with van der Waals surface area (Å²) in [6, 6.07) is 8.09. The van der Waals surface area contributed by atoms with Gasteiger partial charge in [0.05, 0.1) is 17.5 Å². The van der Waals surface area contributed by atoms with Gasteiger partial charge in [-0.05, 0) is 55.3 Å². The van der Waals surface area contributed by atoms with Crippen molar-refractivity contribution in [3.8, 4) is 5.75 Å². The van der Waals surface area contributed by atoms with Gasteiger partial charge in [0, 0.05) is 31.5 Å². The molecule has 158 valence electrons. The molecular formula is C23H22F3NO3. The van der Waals surface area contributed by atoms with Gasteiger partial charge in [0.1, 0.15) is 11.4 Å². The predicted molar refractivity (Wildman–Crippen MR) is 105 cm³/mol. The highest BCUT2D eigenvalue weighted by atomic mass is 19.4. The number of carbonyl (C=O) groups excluding carboxylic acids is 2. The second kappa shape index (κ2) is 7.15. The zero-order chi connectivity index (χ0) is 21.7. The molecule has 2 heterocycles.